The van der Waals surface area contributed by atoms with Crippen LogP contribution in [0, 0.1) is 15.9 Å². The first-order chi connectivity index (χ1) is 13.9. The van der Waals surface area contributed by atoms with Gasteiger partial charge in [0.15, 0.2) is 0 Å². The molecule has 0 aliphatic rings. The van der Waals surface area contributed by atoms with Gasteiger partial charge in [-0.05, 0) is 51.2 Å². The Morgan fingerprint density at radius 3 is 2.45 bits per heavy atom. The number of halogens is 1. The second kappa shape index (κ2) is 10.0. The maximum atomic E-state index is 14.6. The van der Waals surface area contributed by atoms with Crippen molar-refractivity contribution in [2.75, 3.05) is 20.6 Å². The quantitative estimate of drug-likeness (QED) is 0.380. The number of rotatable bonds is 7. The molecule has 156 valence electrons. The normalized spacial score (nSPS) is 10.7. The molecule has 0 aliphatic heterocycles. The van der Waals surface area contributed by atoms with Gasteiger partial charge in [-0.1, -0.05) is 26.0 Å². The van der Waals surface area contributed by atoms with Gasteiger partial charge in [-0.3, -0.25) is 10.1 Å². The number of likely N-dealkylation sites (N-methyl/N-ethyl adjacent to an activating group) is 1. The zero-order valence-corrected chi connectivity index (χ0v) is 17.6. The van der Waals surface area contributed by atoms with Gasteiger partial charge >= 0.3 is 5.69 Å². The molecule has 1 aromatic heterocycles. The number of nitro benzene ring substituents is 1. The van der Waals surface area contributed by atoms with Crippen LogP contribution in [0.4, 0.5) is 10.1 Å². The molecular weight excluding hydrogens is 373 g/mol. The zero-order valence-electron chi connectivity index (χ0n) is 17.6. The number of nitro groups is 1. The first kappa shape index (κ1) is 22.4. The van der Waals surface area contributed by atoms with Crippen molar-refractivity contribution in [3.05, 3.63) is 64.1 Å². The summed E-state index contributed by atoms with van der Waals surface area (Å²) in [4.78, 5) is 12.8. The van der Waals surface area contributed by atoms with E-state index in [0.717, 1.165) is 12.1 Å². The predicted octanol–water partition coefficient (Wildman–Crippen LogP) is 5.63. The highest BCUT2D eigenvalue weighted by molar-refractivity contribution is 5.91. The molecule has 3 aromatic rings. The molecule has 0 amide bonds. The Bertz CT molecular complexity index is 983. The summed E-state index contributed by atoms with van der Waals surface area (Å²) >= 11 is 0. The number of hydrogen-bond donors (Lipinski definition) is 0. The van der Waals surface area contributed by atoms with Crippen LogP contribution in [0.2, 0.25) is 0 Å². The lowest BCUT2D eigenvalue weighted by Gasteiger charge is -2.11. The Hall–Kier alpha value is -2.93. The lowest BCUT2D eigenvalue weighted by atomic mass is 10.1. The average molecular weight is 401 g/mol. The zero-order chi connectivity index (χ0) is 21.6. The van der Waals surface area contributed by atoms with Crippen LogP contribution in [0.3, 0.4) is 0 Å². The lowest BCUT2D eigenvalue weighted by Crippen LogP contribution is -2.14. The number of aromatic nitrogens is 1. The number of fused-ring (bicyclic) bond motifs is 1. The van der Waals surface area contributed by atoms with Gasteiger partial charge in [-0.25, -0.2) is 4.39 Å². The topological polar surface area (TPSA) is 60.5 Å². The van der Waals surface area contributed by atoms with Crippen molar-refractivity contribution in [2.45, 2.75) is 33.7 Å². The van der Waals surface area contributed by atoms with Gasteiger partial charge in [0.1, 0.15) is 11.6 Å². The fraction of sp³-hybridized carbons (Fsp3) is 0.364. The van der Waals surface area contributed by atoms with Crippen LogP contribution < -0.4 is 4.74 Å². The number of para-hydroxylation sites is 2. The molecule has 0 N–H and O–H groups in total. The molecule has 0 saturated heterocycles. The molecule has 6 nitrogen and oxygen atoms in total. The van der Waals surface area contributed by atoms with E-state index >= 15 is 0 Å². The minimum absolute atomic E-state index is 0.125. The minimum atomic E-state index is -0.486. The molecule has 0 radical (unpaired) electrons. The van der Waals surface area contributed by atoms with Crippen LogP contribution in [0.1, 0.15) is 26.3 Å². The number of hydrogen-bond acceptors (Lipinski definition) is 4. The van der Waals surface area contributed by atoms with Crippen molar-refractivity contribution in [3.8, 4) is 11.5 Å². The van der Waals surface area contributed by atoms with Gasteiger partial charge < -0.3 is 14.2 Å². The van der Waals surface area contributed by atoms with Crippen molar-refractivity contribution in [1.29, 1.82) is 0 Å². The summed E-state index contributed by atoms with van der Waals surface area (Å²) in [5.74, 6) is 0.220. The van der Waals surface area contributed by atoms with E-state index in [9.17, 15) is 14.5 Å². The van der Waals surface area contributed by atoms with E-state index in [4.69, 9.17) is 4.74 Å². The third-order valence-electron chi connectivity index (χ3n) is 4.46. The van der Waals surface area contributed by atoms with Gasteiger partial charge in [0, 0.05) is 30.7 Å². The maximum Gasteiger partial charge on any atom is 0.311 e. The van der Waals surface area contributed by atoms with E-state index in [2.05, 4.69) is 4.90 Å². The molecular formula is C22H28FN3O3. The number of benzene rings is 2. The van der Waals surface area contributed by atoms with Gasteiger partial charge in [0.05, 0.1) is 10.4 Å². The van der Waals surface area contributed by atoms with E-state index in [0.29, 0.717) is 29.6 Å². The summed E-state index contributed by atoms with van der Waals surface area (Å²) in [5.41, 5.74) is 1.29. The molecule has 0 aliphatic carbocycles. The van der Waals surface area contributed by atoms with Gasteiger partial charge in [-0.2, -0.15) is 0 Å². The number of nitrogens with zero attached hydrogens (tertiary/aromatic N) is 3. The first-order valence-corrected chi connectivity index (χ1v) is 9.78. The van der Waals surface area contributed by atoms with Crippen molar-refractivity contribution >= 4 is 16.6 Å². The smallest absolute Gasteiger partial charge is 0.311 e. The Balaban J connectivity index is 0.00000145. The molecule has 0 fully saturated rings. The lowest BCUT2D eigenvalue weighted by molar-refractivity contribution is -0.385. The van der Waals surface area contributed by atoms with Crippen molar-refractivity contribution in [3.63, 3.8) is 0 Å². The maximum absolute atomic E-state index is 14.6. The molecule has 0 unspecified atom stereocenters. The third kappa shape index (κ3) is 4.92. The Labute approximate surface area is 170 Å². The SMILES string of the molecule is CC.CCn1cc(CCN(C)C)c2c(Oc3ccccc3[N+](=O)[O-])ccc(F)c21. The predicted molar refractivity (Wildman–Crippen MR) is 114 cm³/mol. The monoisotopic (exact) mass is 401 g/mol. The molecule has 29 heavy (non-hydrogen) atoms. The van der Waals surface area contributed by atoms with Crippen LogP contribution in [0.25, 0.3) is 10.9 Å². The summed E-state index contributed by atoms with van der Waals surface area (Å²) in [5, 5.41) is 11.9. The summed E-state index contributed by atoms with van der Waals surface area (Å²) in [6.45, 7) is 7.36. The van der Waals surface area contributed by atoms with Crippen LogP contribution in [-0.2, 0) is 13.0 Å². The fourth-order valence-electron chi connectivity index (χ4n) is 3.14. The highest BCUT2D eigenvalue weighted by atomic mass is 19.1. The molecule has 0 spiro atoms. The summed E-state index contributed by atoms with van der Waals surface area (Å²) in [6.07, 6.45) is 2.65. The highest BCUT2D eigenvalue weighted by Crippen LogP contribution is 2.38. The first-order valence-electron chi connectivity index (χ1n) is 9.78. The van der Waals surface area contributed by atoms with Crippen LogP contribution in [-0.4, -0.2) is 35.0 Å². The summed E-state index contributed by atoms with van der Waals surface area (Å²) in [6, 6.07) is 9.07. The highest BCUT2D eigenvalue weighted by Gasteiger charge is 2.20. The Kier molecular flexibility index (Phi) is 7.73. The average Bonchev–Trinajstić information content (AvgIpc) is 3.10. The van der Waals surface area contributed by atoms with E-state index in [1.54, 1.807) is 18.2 Å². The minimum Gasteiger partial charge on any atom is -0.449 e. The van der Waals surface area contributed by atoms with E-state index in [1.807, 2.05) is 45.6 Å². The van der Waals surface area contributed by atoms with Crippen molar-refractivity contribution in [2.24, 2.45) is 0 Å². The molecule has 7 heteroatoms. The third-order valence-corrected chi connectivity index (χ3v) is 4.46. The van der Waals surface area contributed by atoms with E-state index in [-0.39, 0.29) is 17.3 Å². The summed E-state index contributed by atoms with van der Waals surface area (Å²) < 4.78 is 22.3. The van der Waals surface area contributed by atoms with Gasteiger partial charge in [0.25, 0.3) is 0 Å². The molecule has 2 aromatic carbocycles. The van der Waals surface area contributed by atoms with Gasteiger partial charge in [-0.15, -0.1) is 0 Å². The number of aryl methyl sites for hydroxylation is 1. The van der Waals surface area contributed by atoms with Gasteiger partial charge in [0.2, 0.25) is 5.75 Å². The van der Waals surface area contributed by atoms with Crippen molar-refractivity contribution in [1.82, 2.24) is 9.47 Å². The molecule has 0 atom stereocenters. The second-order valence-electron chi connectivity index (χ2n) is 6.59. The van der Waals surface area contributed by atoms with E-state index in [1.165, 1.54) is 18.2 Å². The van der Waals surface area contributed by atoms with Crippen LogP contribution in [0.5, 0.6) is 11.5 Å². The molecule has 0 saturated carbocycles. The standard InChI is InChI=1S/C20H22FN3O3.C2H6/c1-4-23-13-14(11-12-22(2)3)19-18(10-9-15(21)20(19)23)27-17-8-6-5-7-16(17)24(25)26;1-2/h5-10,13H,4,11-12H2,1-3H3;1-2H3. The van der Waals surface area contributed by atoms with E-state index < -0.39 is 4.92 Å². The number of ether oxygens (including phenoxy) is 1. The molecule has 3 rings (SSSR count). The van der Waals surface area contributed by atoms with Crippen LogP contribution >= 0.6 is 0 Å². The Morgan fingerprint density at radius 1 is 1.14 bits per heavy atom. The Morgan fingerprint density at radius 2 is 1.83 bits per heavy atom. The van der Waals surface area contributed by atoms with Crippen molar-refractivity contribution < 1.29 is 14.1 Å². The summed E-state index contributed by atoms with van der Waals surface area (Å²) in [7, 11) is 3.95. The van der Waals surface area contributed by atoms with Crippen LogP contribution in [0.15, 0.2) is 42.6 Å². The fourth-order valence-corrected chi connectivity index (χ4v) is 3.14. The molecule has 0 bridgehead atoms. The largest absolute Gasteiger partial charge is 0.449 e. The molecule has 1 heterocycles. The second-order valence-corrected chi connectivity index (χ2v) is 6.59.